The molecule has 1 N–H and O–H groups in total. The first-order valence-corrected chi connectivity index (χ1v) is 8.78. The summed E-state index contributed by atoms with van der Waals surface area (Å²) in [5, 5.41) is 6.70. The minimum Gasteiger partial charge on any atom is -0.313 e. The molecule has 2 rings (SSSR count). The molecule has 2 aromatic rings. The highest BCUT2D eigenvalue weighted by Gasteiger charge is 2.13. The second kappa shape index (κ2) is 8.03. The van der Waals surface area contributed by atoms with Crippen LogP contribution in [-0.2, 0) is 6.54 Å². The smallest absolute Gasteiger partial charge is 0.0897 e. The third kappa shape index (κ3) is 4.88. The van der Waals surface area contributed by atoms with Crippen LogP contribution in [0.1, 0.15) is 28.7 Å². The van der Waals surface area contributed by atoms with Gasteiger partial charge < -0.3 is 10.2 Å². The summed E-state index contributed by atoms with van der Waals surface area (Å²) in [4.78, 5) is 6.85. The van der Waals surface area contributed by atoms with Gasteiger partial charge in [0.05, 0.1) is 10.7 Å². The second-order valence-corrected chi connectivity index (χ2v) is 7.16. The summed E-state index contributed by atoms with van der Waals surface area (Å²) in [5.41, 5.74) is 2.49. The van der Waals surface area contributed by atoms with Gasteiger partial charge in [0, 0.05) is 29.0 Å². The van der Waals surface area contributed by atoms with Crippen molar-refractivity contribution in [2.24, 2.45) is 0 Å². The molecule has 0 spiro atoms. The van der Waals surface area contributed by atoms with Gasteiger partial charge in [0.25, 0.3) is 0 Å². The molecule has 1 heterocycles. The van der Waals surface area contributed by atoms with Crippen LogP contribution < -0.4 is 5.32 Å². The lowest BCUT2D eigenvalue weighted by atomic mass is 10.0. The Kier molecular flexibility index (Phi) is 6.36. The van der Waals surface area contributed by atoms with Crippen molar-refractivity contribution in [3.8, 4) is 0 Å². The van der Waals surface area contributed by atoms with Crippen molar-refractivity contribution in [1.29, 1.82) is 0 Å². The molecule has 5 heteroatoms. The van der Waals surface area contributed by atoms with E-state index in [1.54, 1.807) is 11.3 Å². The number of thiazole rings is 1. The molecule has 0 fully saturated rings. The molecule has 21 heavy (non-hydrogen) atoms. The Labute approximate surface area is 139 Å². The van der Waals surface area contributed by atoms with Crippen LogP contribution in [-0.4, -0.2) is 30.5 Å². The first kappa shape index (κ1) is 16.6. The summed E-state index contributed by atoms with van der Waals surface area (Å²) in [6.45, 7) is 4.00. The topological polar surface area (TPSA) is 28.2 Å². The zero-order valence-electron chi connectivity index (χ0n) is 12.8. The van der Waals surface area contributed by atoms with Crippen molar-refractivity contribution in [2.75, 3.05) is 20.6 Å². The molecule has 0 saturated carbocycles. The summed E-state index contributed by atoms with van der Waals surface area (Å²) in [6.07, 6.45) is 1.07. The molecule has 1 aromatic carbocycles. The predicted octanol–water partition coefficient (Wildman–Crippen LogP) is 4.00. The van der Waals surface area contributed by atoms with Crippen molar-refractivity contribution < 1.29 is 0 Å². The fraction of sp³-hybridized carbons (Fsp3) is 0.438. The van der Waals surface area contributed by atoms with Gasteiger partial charge in [0.1, 0.15) is 0 Å². The van der Waals surface area contributed by atoms with Crippen molar-refractivity contribution in [3.63, 3.8) is 0 Å². The fourth-order valence-corrected chi connectivity index (χ4v) is 3.56. The molecule has 114 valence electrons. The normalized spacial score (nSPS) is 12.8. The lowest BCUT2D eigenvalue weighted by Crippen LogP contribution is -2.25. The van der Waals surface area contributed by atoms with Gasteiger partial charge in [-0.25, -0.2) is 4.98 Å². The van der Waals surface area contributed by atoms with Gasteiger partial charge in [0.2, 0.25) is 0 Å². The maximum absolute atomic E-state index is 4.52. The predicted molar refractivity (Wildman–Crippen MR) is 93.7 cm³/mol. The highest BCUT2D eigenvalue weighted by atomic mass is 79.9. The van der Waals surface area contributed by atoms with Gasteiger partial charge in [-0.15, -0.1) is 11.3 Å². The number of hydrogen-bond donors (Lipinski definition) is 1. The number of benzene rings is 1. The molecule has 0 aliphatic heterocycles. The van der Waals surface area contributed by atoms with Crippen molar-refractivity contribution >= 4 is 27.3 Å². The van der Waals surface area contributed by atoms with E-state index < -0.39 is 0 Å². The summed E-state index contributed by atoms with van der Waals surface area (Å²) < 4.78 is 1.17. The Morgan fingerprint density at radius 3 is 2.76 bits per heavy atom. The second-order valence-electron chi connectivity index (χ2n) is 5.25. The zero-order valence-corrected chi connectivity index (χ0v) is 15.2. The maximum Gasteiger partial charge on any atom is 0.0897 e. The fourth-order valence-electron chi connectivity index (χ4n) is 2.40. The minimum absolute atomic E-state index is 0.361. The van der Waals surface area contributed by atoms with Gasteiger partial charge in [-0.2, -0.15) is 0 Å². The molecule has 3 nitrogen and oxygen atoms in total. The van der Waals surface area contributed by atoms with E-state index in [0.717, 1.165) is 24.5 Å². The van der Waals surface area contributed by atoms with Crippen molar-refractivity contribution in [2.45, 2.75) is 25.9 Å². The number of hydrogen-bond acceptors (Lipinski definition) is 4. The van der Waals surface area contributed by atoms with E-state index >= 15 is 0 Å². The average Bonchev–Trinajstić information content (AvgIpc) is 2.86. The molecule has 0 saturated heterocycles. The van der Waals surface area contributed by atoms with E-state index in [-0.39, 0.29) is 0 Å². The van der Waals surface area contributed by atoms with Gasteiger partial charge in [-0.05, 0) is 39.1 Å². The van der Waals surface area contributed by atoms with Gasteiger partial charge in [-0.1, -0.05) is 34.1 Å². The molecule has 0 aliphatic rings. The molecular formula is C16H22BrN3S. The van der Waals surface area contributed by atoms with Gasteiger partial charge in [0.15, 0.2) is 0 Å². The Morgan fingerprint density at radius 1 is 1.38 bits per heavy atom. The number of halogens is 1. The third-order valence-corrected chi connectivity index (χ3v) is 5.07. The standard InChI is InChI=1S/C16H22BrN3S/c1-12-19-13(11-21-12)10-20(3)9-8-16(18-2)14-6-4-5-7-15(14)17/h4-7,11,16,18H,8-10H2,1-3H3. The molecule has 0 radical (unpaired) electrons. The van der Waals surface area contributed by atoms with E-state index in [1.807, 2.05) is 7.05 Å². The highest BCUT2D eigenvalue weighted by molar-refractivity contribution is 9.10. The summed E-state index contributed by atoms with van der Waals surface area (Å²) in [5.74, 6) is 0. The molecule has 0 bridgehead atoms. The third-order valence-electron chi connectivity index (χ3n) is 3.53. The molecule has 0 amide bonds. The number of rotatable bonds is 7. The van der Waals surface area contributed by atoms with Crippen molar-refractivity contribution in [3.05, 3.63) is 50.4 Å². The summed E-state index contributed by atoms with van der Waals surface area (Å²) in [7, 11) is 4.18. The van der Waals surface area contributed by atoms with Crippen LogP contribution >= 0.6 is 27.3 Å². The average molecular weight is 368 g/mol. The summed E-state index contributed by atoms with van der Waals surface area (Å²) >= 11 is 5.36. The van der Waals surface area contributed by atoms with Gasteiger partial charge in [-0.3, -0.25) is 0 Å². The number of nitrogens with zero attached hydrogens (tertiary/aromatic N) is 2. The van der Waals surface area contributed by atoms with Crippen LogP contribution in [0.25, 0.3) is 0 Å². The molecular weight excluding hydrogens is 346 g/mol. The van der Waals surface area contributed by atoms with E-state index in [2.05, 4.69) is 74.7 Å². The highest BCUT2D eigenvalue weighted by Crippen LogP contribution is 2.25. The Balaban J connectivity index is 1.89. The van der Waals surface area contributed by atoms with Crippen LogP contribution in [0.5, 0.6) is 0 Å². The van der Waals surface area contributed by atoms with Gasteiger partial charge >= 0.3 is 0 Å². The van der Waals surface area contributed by atoms with Crippen LogP contribution in [0.15, 0.2) is 34.1 Å². The Bertz CT molecular complexity index is 570. The lowest BCUT2D eigenvalue weighted by molar-refractivity contribution is 0.301. The SMILES string of the molecule is CNC(CCN(C)Cc1csc(C)n1)c1ccccc1Br. The largest absolute Gasteiger partial charge is 0.313 e. The Morgan fingerprint density at radius 2 is 2.14 bits per heavy atom. The van der Waals surface area contributed by atoms with Crippen LogP contribution in [0.3, 0.4) is 0 Å². The molecule has 1 aromatic heterocycles. The summed E-state index contributed by atoms with van der Waals surface area (Å²) in [6, 6.07) is 8.78. The lowest BCUT2D eigenvalue weighted by Gasteiger charge is -2.22. The first-order valence-electron chi connectivity index (χ1n) is 7.11. The first-order chi connectivity index (χ1) is 10.1. The van der Waals surface area contributed by atoms with Crippen molar-refractivity contribution in [1.82, 2.24) is 15.2 Å². The quantitative estimate of drug-likeness (QED) is 0.801. The molecule has 1 atom stereocenters. The van der Waals surface area contributed by atoms with Crippen LogP contribution in [0, 0.1) is 6.92 Å². The molecule has 1 unspecified atom stereocenters. The minimum atomic E-state index is 0.361. The maximum atomic E-state index is 4.52. The van der Waals surface area contributed by atoms with E-state index in [9.17, 15) is 0 Å². The zero-order chi connectivity index (χ0) is 15.2. The van der Waals surface area contributed by atoms with E-state index in [0.29, 0.717) is 6.04 Å². The van der Waals surface area contributed by atoms with Crippen LogP contribution in [0.2, 0.25) is 0 Å². The number of aromatic nitrogens is 1. The Hall–Kier alpha value is -0.750. The van der Waals surface area contributed by atoms with E-state index in [1.165, 1.54) is 15.7 Å². The number of aryl methyl sites for hydroxylation is 1. The van der Waals surface area contributed by atoms with Crippen LogP contribution in [0.4, 0.5) is 0 Å². The number of nitrogens with one attached hydrogen (secondary N) is 1. The monoisotopic (exact) mass is 367 g/mol. The van der Waals surface area contributed by atoms with E-state index in [4.69, 9.17) is 0 Å². The molecule has 0 aliphatic carbocycles.